The average molecular weight is 241 g/mol. The Bertz CT molecular complexity index is 368. The Balaban J connectivity index is 2.62. The number of nitrogen functional groups attached to an aromatic ring is 1. The van der Waals surface area contributed by atoms with Gasteiger partial charge in [0.25, 0.3) is 0 Å². The molecular weight excluding hydrogens is 226 g/mol. The van der Waals surface area contributed by atoms with Crippen LogP contribution in [0, 0.1) is 0 Å². The van der Waals surface area contributed by atoms with E-state index in [1.54, 1.807) is 12.1 Å². The van der Waals surface area contributed by atoms with Gasteiger partial charge in [0, 0.05) is 16.3 Å². The van der Waals surface area contributed by atoms with Crippen molar-refractivity contribution in [3.8, 4) is 5.75 Å². The third-order valence-corrected chi connectivity index (χ3v) is 2.94. The van der Waals surface area contributed by atoms with Crippen LogP contribution in [0.3, 0.4) is 0 Å². The minimum absolute atomic E-state index is 0.128. The van der Waals surface area contributed by atoms with Gasteiger partial charge in [-0.2, -0.15) is 0 Å². The van der Waals surface area contributed by atoms with Crippen molar-refractivity contribution in [1.29, 1.82) is 0 Å². The van der Waals surface area contributed by atoms with E-state index in [0.717, 1.165) is 10.6 Å². The number of hydrogen-bond acceptors (Lipinski definition) is 4. The third kappa shape index (κ3) is 4.02. The van der Waals surface area contributed by atoms with Crippen LogP contribution in [0.5, 0.6) is 5.75 Å². The average Bonchev–Trinajstić information content (AvgIpc) is 2.22. The Hall–Kier alpha value is -1.36. The van der Waals surface area contributed by atoms with Gasteiger partial charge < -0.3 is 15.6 Å². The molecule has 1 aromatic carbocycles. The predicted molar refractivity (Wildman–Crippen MR) is 65.0 cm³/mol. The van der Waals surface area contributed by atoms with Crippen LogP contribution < -0.4 is 10.5 Å². The summed E-state index contributed by atoms with van der Waals surface area (Å²) < 4.78 is 5.34. The molecule has 0 spiro atoms. The Morgan fingerprint density at radius 3 is 2.94 bits per heavy atom. The van der Waals surface area contributed by atoms with Gasteiger partial charge in [-0.1, -0.05) is 0 Å². The minimum Gasteiger partial charge on any atom is -0.494 e. The predicted octanol–water partition coefficient (Wildman–Crippen LogP) is 2.23. The van der Waals surface area contributed by atoms with E-state index in [2.05, 4.69) is 0 Å². The van der Waals surface area contributed by atoms with Crippen LogP contribution in [-0.2, 0) is 4.79 Å². The maximum atomic E-state index is 10.4. The molecule has 0 radical (unpaired) electrons. The highest BCUT2D eigenvalue weighted by Crippen LogP contribution is 2.29. The summed E-state index contributed by atoms with van der Waals surface area (Å²) in [5.74, 6) is 0.469. The van der Waals surface area contributed by atoms with E-state index in [1.807, 2.05) is 13.0 Å². The van der Waals surface area contributed by atoms with Crippen LogP contribution >= 0.6 is 11.8 Å². The van der Waals surface area contributed by atoms with Crippen LogP contribution in [0.4, 0.5) is 5.69 Å². The summed E-state index contributed by atoms with van der Waals surface area (Å²) >= 11 is 1.43. The highest BCUT2D eigenvalue weighted by atomic mass is 32.2. The number of carboxylic acids is 1. The number of ether oxygens (including phenoxy) is 1. The normalized spacial score (nSPS) is 10.1. The Morgan fingerprint density at radius 1 is 1.56 bits per heavy atom. The van der Waals surface area contributed by atoms with Crippen LogP contribution in [0.1, 0.15) is 13.3 Å². The molecule has 0 saturated heterocycles. The zero-order chi connectivity index (χ0) is 12.0. The molecule has 3 N–H and O–H groups in total. The fourth-order valence-electron chi connectivity index (χ4n) is 1.14. The largest absolute Gasteiger partial charge is 0.494 e. The first kappa shape index (κ1) is 12.7. The molecule has 0 unspecified atom stereocenters. The molecule has 1 aromatic rings. The Labute approximate surface area is 98.8 Å². The number of thioether (sulfide) groups is 1. The molecule has 0 atom stereocenters. The first-order valence-electron chi connectivity index (χ1n) is 5.00. The minimum atomic E-state index is -0.799. The molecule has 4 nitrogen and oxygen atoms in total. The molecule has 0 amide bonds. The van der Waals surface area contributed by atoms with Crippen molar-refractivity contribution in [3.63, 3.8) is 0 Å². The number of carbonyl (C=O) groups is 1. The molecule has 0 aliphatic carbocycles. The lowest BCUT2D eigenvalue weighted by Crippen LogP contribution is -1.97. The van der Waals surface area contributed by atoms with Crippen molar-refractivity contribution < 1.29 is 14.6 Å². The molecule has 0 aliphatic heterocycles. The molecule has 0 fully saturated rings. The summed E-state index contributed by atoms with van der Waals surface area (Å²) in [6, 6.07) is 5.42. The summed E-state index contributed by atoms with van der Waals surface area (Å²) in [5.41, 5.74) is 6.43. The van der Waals surface area contributed by atoms with Crippen molar-refractivity contribution in [2.45, 2.75) is 18.2 Å². The topological polar surface area (TPSA) is 72.5 Å². The second-order valence-electron chi connectivity index (χ2n) is 3.12. The molecule has 0 aromatic heterocycles. The van der Waals surface area contributed by atoms with E-state index < -0.39 is 5.97 Å². The molecule has 1 rings (SSSR count). The SMILES string of the molecule is CCOc1ccc(N)c(SCCC(=O)O)c1. The van der Waals surface area contributed by atoms with Gasteiger partial charge in [0.2, 0.25) is 0 Å². The van der Waals surface area contributed by atoms with Gasteiger partial charge >= 0.3 is 5.97 Å². The zero-order valence-corrected chi connectivity index (χ0v) is 9.92. The number of aliphatic carboxylic acids is 1. The van der Waals surface area contributed by atoms with Gasteiger partial charge in [0.05, 0.1) is 13.0 Å². The molecule has 0 heterocycles. The van der Waals surface area contributed by atoms with E-state index in [9.17, 15) is 4.79 Å². The molecule has 0 aliphatic rings. The molecule has 0 bridgehead atoms. The first-order chi connectivity index (χ1) is 7.63. The summed E-state index contributed by atoms with van der Waals surface area (Å²) in [6.07, 6.45) is 0.128. The summed E-state index contributed by atoms with van der Waals surface area (Å²) in [4.78, 5) is 11.2. The fourth-order valence-corrected chi connectivity index (χ4v) is 2.08. The van der Waals surface area contributed by atoms with Crippen LogP contribution in [-0.4, -0.2) is 23.4 Å². The smallest absolute Gasteiger partial charge is 0.304 e. The lowest BCUT2D eigenvalue weighted by atomic mass is 10.3. The second-order valence-corrected chi connectivity index (χ2v) is 4.26. The van der Waals surface area contributed by atoms with Crippen LogP contribution in [0.2, 0.25) is 0 Å². The maximum Gasteiger partial charge on any atom is 0.304 e. The van der Waals surface area contributed by atoms with Crippen molar-refractivity contribution in [1.82, 2.24) is 0 Å². The van der Waals surface area contributed by atoms with Gasteiger partial charge in [0.15, 0.2) is 0 Å². The number of rotatable bonds is 6. The van der Waals surface area contributed by atoms with Gasteiger partial charge in [-0.25, -0.2) is 0 Å². The van der Waals surface area contributed by atoms with Gasteiger partial charge in [-0.3, -0.25) is 4.79 Å². The third-order valence-electron chi connectivity index (χ3n) is 1.87. The standard InChI is InChI=1S/C11H15NO3S/c1-2-15-8-3-4-9(12)10(7-8)16-6-5-11(13)14/h3-4,7H,2,5-6,12H2,1H3,(H,13,14). The van der Waals surface area contributed by atoms with Crippen LogP contribution in [0.15, 0.2) is 23.1 Å². The van der Waals surface area contributed by atoms with Gasteiger partial charge in [-0.05, 0) is 25.1 Å². The number of nitrogens with two attached hydrogens (primary N) is 1. The van der Waals surface area contributed by atoms with Gasteiger partial charge in [-0.15, -0.1) is 11.8 Å². The van der Waals surface area contributed by atoms with E-state index in [0.29, 0.717) is 18.0 Å². The van der Waals surface area contributed by atoms with E-state index in [1.165, 1.54) is 11.8 Å². The van der Waals surface area contributed by atoms with E-state index in [4.69, 9.17) is 15.6 Å². The maximum absolute atomic E-state index is 10.4. The van der Waals surface area contributed by atoms with Gasteiger partial charge in [0.1, 0.15) is 5.75 Å². The number of hydrogen-bond donors (Lipinski definition) is 2. The lowest BCUT2D eigenvalue weighted by Gasteiger charge is -2.08. The van der Waals surface area contributed by atoms with E-state index in [-0.39, 0.29) is 6.42 Å². The molecule has 88 valence electrons. The number of anilines is 1. The second kappa shape index (κ2) is 6.27. The number of carboxylic acid groups (broad SMARTS) is 1. The Kier molecular flexibility index (Phi) is 4.98. The quantitative estimate of drug-likeness (QED) is 0.590. The zero-order valence-electron chi connectivity index (χ0n) is 9.10. The highest BCUT2D eigenvalue weighted by molar-refractivity contribution is 7.99. The molecule has 0 saturated carbocycles. The van der Waals surface area contributed by atoms with Crippen molar-refractivity contribution in [2.75, 3.05) is 18.1 Å². The summed E-state index contributed by atoms with van der Waals surface area (Å²) in [6.45, 7) is 2.51. The van der Waals surface area contributed by atoms with Crippen molar-refractivity contribution in [3.05, 3.63) is 18.2 Å². The first-order valence-corrected chi connectivity index (χ1v) is 5.99. The van der Waals surface area contributed by atoms with Crippen molar-refractivity contribution in [2.24, 2.45) is 0 Å². The monoisotopic (exact) mass is 241 g/mol. The fraction of sp³-hybridized carbons (Fsp3) is 0.364. The summed E-state index contributed by atoms with van der Waals surface area (Å²) in [5, 5.41) is 8.53. The molecule has 16 heavy (non-hydrogen) atoms. The molecular formula is C11H15NO3S. The molecule has 5 heteroatoms. The highest BCUT2D eigenvalue weighted by Gasteiger charge is 2.04. The van der Waals surface area contributed by atoms with Crippen LogP contribution in [0.25, 0.3) is 0 Å². The van der Waals surface area contributed by atoms with E-state index >= 15 is 0 Å². The number of benzene rings is 1. The lowest BCUT2D eigenvalue weighted by molar-refractivity contribution is -0.136. The Morgan fingerprint density at radius 2 is 2.31 bits per heavy atom. The van der Waals surface area contributed by atoms with Crippen molar-refractivity contribution >= 4 is 23.4 Å². The summed E-state index contributed by atoms with van der Waals surface area (Å²) in [7, 11) is 0.